The number of nitrogens with zero attached hydrogens (tertiary/aromatic N) is 3. The number of aryl methyl sites for hydroxylation is 1. The summed E-state index contributed by atoms with van der Waals surface area (Å²) >= 11 is 5.67. The van der Waals surface area contributed by atoms with Gasteiger partial charge in [0.25, 0.3) is 0 Å². The molecule has 0 bridgehead atoms. The number of benzene rings is 3. The topological polar surface area (TPSA) is 61.1 Å². The maximum absolute atomic E-state index is 12.6. The second-order valence-electron chi connectivity index (χ2n) is 7.45. The molecule has 32 heavy (non-hydrogen) atoms. The highest BCUT2D eigenvalue weighted by Gasteiger charge is 2.15. The Morgan fingerprint density at radius 2 is 1.72 bits per heavy atom. The van der Waals surface area contributed by atoms with Gasteiger partial charge in [-0.05, 0) is 54.5 Å². The predicted octanol–water partition coefficient (Wildman–Crippen LogP) is 4.99. The van der Waals surface area contributed by atoms with Crippen molar-refractivity contribution < 1.29 is 9.53 Å². The Morgan fingerprint density at radius 1 is 1.00 bits per heavy atom. The van der Waals surface area contributed by atoms with E-state index in [4.69, 9.17) is 17.0 Å². The normalized spacial score (nSPS) is 10.7. The molecule has 1 amide bonds. The smallest absolute Gasteiger partial charge is 0.246 e. The van der Waals surface area contributed by atoms with Crippen molar-refractivity contribution in [3.05, 3.63) is 107 Å². The SMILES string of the molecule is Cc1cccc(NC(=O)Cn2nc(COc3ccccc3)n(Cc3ccccc3)c2=S)c1. The van der Waals surface area contributed by atoms with Gasteiger partial charge in [0, 0.05) is 5.69 Å². The Bertz CT molecular complexity index is 1250. The molecule has 1 heterocycles. The molecule has 4 rings (SSSR count). The summed E-state index contributed by atoms with van der Waals surface area (Å²) in [4.78, 5) is 12.6. The molecule has 0 aliphatic rings. The van der Waals surface area contributed by atoms with Gasteiger partial charge in [0.2, 0.25) is 5.91 Å². The summed E-state index contributed by atoms with van der Waals surface area (Å²) in [6, 6.07) is 27.2. The minimum Gasteiger partial charge on any atom is -0.486 e. The number of hydrogen-bond acceptors (Lipinski definition) is 4. The zero-order valence-corrected chi connectivity index (χ0v) is 18.6. The predicted molar refractivity (Wildman–Crippen MR) is 127 cm³/mol. The average molecular weight is 445 g/mol. The van der Waals surface area contributed by atoms with Crippen LogP contribution in [0.5, 0.6) is 5.75 Å². The summed E-state index contributed by atoms with van der Waals surface area (Å²) in [6.45, 7) is 2.79. The van der Waals surface area contributed by atoms with E-state index >= 15 is 0 Å². The van der Waals surface area contributed by atoms with Crippen LogP contribution in [0, 0.1) is 11.7 Å². The fourth-order valence-electron chi connectivity index (χ4n) is 3.34. The molecule has 0 saturated carbocycles. The third-order valence-corrected chi connectivity index (χ3v) is 5.32. The van der Waals surface area contributed by atoms with Crippen molar-refractivity contribution in [2.45, 2.75) is 26.6 Å². The van der Waals surface area contributed by atoms with Crippen LogP contribution in [0.2, 0.25) is 0 Å². The summed E-state index contributed by atoms with van der Waals surface area (Å²) in [5, 5.41) is 7.52. The number of rotatable bonds is 8. The molecule has 0 unspecified atom stereocenters. The number of carbonyl (C=O) groups excluding carboxylic acids is 1. The van der Waals surface area contributed by atoms with Gasteiger partial charge in [-0.3, -0.25) is 9.36 Å². The number of para-hydroxylation sites is 1. The van der Waals surface area contributed by atoms with Gasteiger partial charge in [-0.2, -0.15) is 5.10 Å². The molecule has 1 aromatic heterocycles. The molecule has 7 heteroatoms. The largest absolute Gasteiger partial charge is 0.486 e. The van der Waals surface area contributed by atoms with E-state index in [0.29, 0.717) is 17.1 Å². The Hall–Kier alpha value is -3.71. The van der Waals surface area contributed by atoms with E-state index in [1.807, 2.05) is 96.4 Å². The van der Waals surface area contributed by atoms with Crippen LogP contribution in [0.1, 0.15) is 17.0 Å². The Kier molecular flexibility index (Phi) is 6.77. The van der Waals surface area contributed by atoms with Crippen LogP contribution in [-0.4, -0.2) is 20.3 Å². The van der Waals surface area contributed by atoms with Crippen LogP contribution in [0.25, 0.3) is 0 Å². The van der Waals surface area contributed by atoms with Crippen molar-refractivity contribution in [2.24, 2.45) is 0 Å². The van der Waals surface area contributed by atoms with Crippen molar-refractivity contribution in [3.8, 4) is 5.75 Å². The van der Waals surface area contributed by atoms with Gasteiger partial charge < -0.3 is 10.1 Å². The van der Waals surface area contributed by atoms with Gasteiger partial charge in [0.1, 0.15) is 18.9 Å². The highest BCUT2D eigenvalue weighted by Crippen LogP contribution is 2.14. The zero-order chi connectivity index (χ0) is 22.3. The minimum absolute atomic E-state index is 0.0207. The van der Waals surface area contributed by atoms with Crippen molar-refractivity contribution in [2.75, 3.05) is 5.32 Å². The highest BCUT2D eigenvalue weighted by molar-refractivity contribution is 7.71. The quantitative estimate of drug-likeness (QED) is 0.389. The fraction of sp³-hybridized carbons (Fsp3) is 0.160. The number of carbonyl (C=O) groups is 1. The molecule has 0 radical (unpaired) electrons. The molecule has 0 aliphatic carbocycles. The van der Waals surface area contributed by atoms with Crippen LogP contribution < -0.4 is 10.1 Å². The lowest BCUT2D eigenvalue weighted by Crippen LogP contribution is -2.20. The Morgan fingerprint density at radius 3 is 2.44 bits per heavy atom. The van der Waals surface area contributed by atoms with Crippen molar-refractivity contribution in [1.29, 1.82) is 0 Å². The van der Waals surface area contributed by atoms with E-state index in [1.165, 1.54) is 0 Å². The summed E-state index contributed by atoms with van der Waals surface area (Å²) in [7, 11) is 0. The molecule has 0 atom stereocenters. The lowest BCUT2D eigenvalue weighted by Gasteiger charge is -2.08. The van der Waals surface area contributed by atoms with Gasteiger partial charge in [-0.1, -0.05) is 60.7 Å². The summed E-state index contributed by atoms with van der Waals surface area (Å²) in [5.74, 6) is 1.22. The van der Waals surface area contributed by atoms with Gasteiger partial charge >= 0.3 is 0 Å². The first-order valence-electron chi connectivity index (χ1n) is 10.3. The summed E-state index contributed by atoms with van der Waals surface area (Å²) < 4.78 is 9.84. The monoisotopic (exact) mass is 444 g/mol. The van der Waals surface area contributed by atoms with Crippen LogP contribution in [0.3, 0.4) is 0 Å². The van der Waals surface area contributed by atoms with E-state index in [2.05, 4.69) is 10.4 Å². The molecule has 0 saturated heterocycles. The summed E-state index contributed by atoms with van der Waals surface area (Å²) in [6.07, 6.45) is 0. The first-order valence-corrected chi connectivity index (χ1v) is 10.7. The number of ether oxygens (including phenoxy) is 1. The molecular formula is C25H24N4O2S. The second-order valence-corrected chi connectivity index (χ2v) is 7.81. The third-order valence-electron chi connectivity index (χ3n) is 4.89. The van der Waals surface area contributed by atoms with Gasteiger partial charge in [-0.15, -0.1) is 0 Å². The number of anilines is 1. The number of nitrogens with one attached hydrogen (secondary N) is 1. The van der Waals surface area contributed by atoms with E-state index in [1.54, 1.807) is 4.68 Å². The number of hydrogen-bond donors (Lipinski definition) is 1. The van der Waals surface area contributed by atoms with Crippen molar-refractivity contribution in [1.82, 2.24) is 14.3 Å². The molecule has 3 aromatic carbocycles. The maximum Gasteiger partial charge on any atom is 0.246 e. The van der Waals surface area contributed by atoms with Gasteiger partial charge in [-0.25, -0.2) is 4.68 Å². The standard InChI is InChI=1S/C25H24N4O2S/c1-19-9-8-12-21(15-19)26-24(30)17-29-25(32)28(16-20-10-4-2-5-11-20)23(27-29)18-31-22-13-6-3-7-14-22/h2-15H,16-18H2,1H3,(H,26,30). The summed E-state index contributed by atoms with van der Waals surface area (Å²) in [5.41, 5.74) is 2.91. The molecule has 0 spiro atoms. The first kappa shape index (κ1) is 21.5. The second kappa shape index (κ2) is 10.1. The van der Waals surface area contributed by atoms with Crippen molar-refractivity contribution in [3.63, 3.8) is 0 Å². The van der Waals surface area contributed by atoms with Crippen LogP contribution in [0.15, 0.2) is 84.9 Å². The minimum atomic E-state index is -0.188. The van der Waals surface area contributed by atoms with Crippen LogP contribution in [-0.2, 0) is 24.5 Å². The first-order chi connectivity index (χ1) is 15.6. The highest BCUT2D eigenvalue weighted by atomic mass is 32.1. The molecule has 162 valence electrons. The lowest BCUT2D eigenvalue weighted by molar-refractivity contribution is -0.116. The molecule has 4 aromatic rings. The van der Waals surface area contributed by atoms with E-state index in [-0.39, 0.29) is 19.1 Å². The molecule has 6 nitrogen and oxygen atoms in total. The lowest BCUT2D eigenvalue weighted by atomic mass is 10.2. The van der Waals surface area contributed by atoms with E-state index in [0.717, 1.165) is 22.6 Å². The van der Waals surface area contributed by atoms with E-state index < -0.39 is 0 Å². The van der Waals surface area contributed by atoms with Crippen LogP contribution >= 0.6 is 12.2 Å². The molecule has 0 aliphatic heterocycles. The third kappa shape index (κ3) is 5.50. The molecular weight excluding hydrogens is 420 g/mol. The average Bonchev–Trinajstić information content (AvgIpc) is 3.08. The Balaban J connectivity index is 1.56. The number of aromatic nitrogens is 3. The van der Waals surface area contributed by atoms with E-state index in [9.17, 15) is 4.79 Å². The molecule has 0 fully saturated rings. The zero-order valence-electron chi connectivity index (χ0n) is 17.8. The van der Waals surface area contributed by atoms with Gasteiger partial charge in [0.15, 0.2) is 10.6 Å². The molecule has 1 N–H and O–H groups in total. The maximum atomic E-state index is 12.6. The Labute approximate surface area is 192 Å². The van der Waals surface area contributed by atoms with Crippen LogP contribution in [0.4, 0.5) is 5.69 Å². The fourth-order valence-corrected chi connectivity index (χ4v) is 3.62. The number of amides is 1. The van der Waals surface area contributed by atoms with Crippen molar-refractivity contribution >= 4 is 23.8 Å². The van der Waals surface area contributed by atoms with Gasteiger partial charge in [0.05, 0.1) is 6.54 Å².